The number of hydrogen-bond acceptors (Lipinski definition) is 5. The van der Waals surface area contributed by atoms with Crippen molar-refractivity contribution in [1.82, 2.24) is 4.90 Å². The normalized spacial score (nSPS) is 18.0. The fraction of sp³-hybridized carbons (Fsp3) is 0.650. The summed E-state index contributed by atoms with van der Waals surface area (Å²) in [5.41, 5.74) is 1.89. The average molecular weight is 396 g/mol. The molecule has 0 radical (unpaired) electrons. The number of nitrogens with zero attached hydrogens (tertiary/aromatic N) is 1. The summed E-state index contributed by atoms with van der Waals surface area (Å²) in [5, 5.41) is 0. The van der Waals surface area contributed by atoms with Crippen molar-refractivity contribution < 1.29 is 22.7 Å². The summed E-state index contributed by atoms with van der Waals surface area (Å²) in [6.45, 7) is 8.64. The van der Waals surface area contributed by atoms with Crippen LogP contribution >= 0.6 is 0 Å². The van der Waals surface area contributed by atoms with Crippen molar-refractivity contribution in [3.05, 3.63) is 23.3 Å². The molecule has 2 aliphatic rings. The minimum atomic E-state index is -3.12. The van der Waals surface area contributed by atoms with Gasteiger partial charge in [0.1, 0.15) is 0 Å². The van der Waals surface area contributed by atoms with Gasteiger partial charge in [-0.3, -0.25) is 4.79 Å². The third-order valence-corrected chi connectivity index (χ3v) is 8.21. The number of sulfone groups is 1. The van der Waals surface area contributed by atoms with Crippen LogP contribution in [-0.4, -0.2) is 49.6 Å². The van der Waals surface area contributed by atoms with Gasteiger partial charge in [-0.1, -0.05) is 6.07 Å². The molecule has 0 bridgehead atoms. The highest BCUT2D eigenvalue weighted by molar-refractivity contribution is 7.92. The van der Waals surface area contributed by atoms with Crippen molar-refractivity contribution in [3.8, 4) is 11.5 Å². The van der Waals surface area contributed by atoms with Crippen LogP contribution in [0.2, 0.25) is 0 Å². The van der Waals surface area contributed by atoms with Gasteiger partial charge >= 0.3 is 0 Å². The van der Waals surface area contributed by atoms with Crippen LogP contribution in [0.4, 0.5) is 0 Å². The second-order valence-electron chi connectivity index (χ2n) is 8.54. The molecule has 0 saturated carbocycles. The number of carbonyl (C=O) groups is 1. The molecular formula is C20H29NO5S. The van der Waals surface area contributed by atoms with E-state index in [0.717, 1.165) is 29.7 Å². The lowest BCUT2D eigenvalue weighted by molar-refractivity contribution is -0.131. The van der Waals surface area contributed by atoms with E-state index in [-0.39, 0.29) is 24.4 Å². The van der Waals surface area contributed by atoms with Crippen LogP contribution in [0.5, 0.6) is 11.5 Å². The van der Waals surface area contributed by atoms with Crippen molar-refractivity contribution in [2.75, 3.05) is 25.6 Å². The maximum atomic E-state index is 12.7. The Labute approximate surface area is 161 Å². The van der Waals surface area contributed by atoms with Gasteiger partial charge in [0.15, 0.2) is 21.3 Å². The molecule has 7 heteroatoms. The molecule has 1 amide bonds. The number of piperidine rings is 1. The standard InChI is InChI=1S/C20H29NO5S/c1-14-9-16(10-17-19(14)26-13-25-17)11-18(22)21-7-5-15(6-8-21)12-27(23,24)20(2,3)4/h9-10,15H,5-8,11-13H2,1-4H3. The molecule has 6 nitrogen and oxygen atoms in total. The minimum absolute atomic E-state index is 0.0744. The molecule has 1 aromatic carbocycles. The smallest absolute Gasteiger partial charge is 0.231 e. The van der Waals surface area contributed by atoms with Crippen LogP contribution in [0.25, 0.3) is 0 Å². The average Bonchev–Trinajstić information content (AvgIpc) is 3.03. The number of carbonyl (C=O) groups excluding carboxylic acids is 1. The third kappa shape index (κ3) is 4.39. The van der Waals surface area contributed by atoms with Gasteiger partial charge in [-0.25, -0.2) is 8.42 Å². The van der Waals surface area contributed by atoms with Gasteiger partial charge < -0.3 is 14.4 Å². The van der Waals surface area contributed by atoms with E-state index in [4.69, 9.17) is 9.47 Å². The molecule has 2 aliphatic heterocycles. The summed E-state index contributed by atoms with van der Waals surface area (Å²) in [7, 11) is -3.12. The van der Waals surface area contributed by atoms with Crippen molar-refractivity contribution in [1.29, 1.82) is 0 Å². The molecule has 2 heterocycles. The van der Waals surface area contributed by atoms with Gasteiger partial charge in [-0.05, 0) is 63.6 Å². The zero-order chi connectivity index (χ0) is 19.8. The third-order valence-electron chi connectivity index (χ3n) is 5.43. The Morgan fingerprint density at radius 3 is 2.48 bits per heavy atom. The molecule has 1 aromatic rings. The van der Waals surface area contributed by atoms with E-state index in [1.165, 1.54) is 0 Å². The molecule has 0 unspecified atom stereocenters. The van der Waals surface area contributed by atoms with Gasteiger partial charge in [-0.2, -0.15) is 0 Å². The van der Waals surface area contributed by atoms with Crippen molar-refractivity contribution in [2.45, 2.75) is 51.7 Å². The lowest BCUT2D eigenvalue weighted by Crippen LogP contribution is -2.42. The number of likely N-dealkylation sites (tertiary alicyclic amines) is 1. The Kier molecular flexibility index (Phi) is 5.43. The van der Waals surface area contributed by atoms with Gasteiger partial charge in [-0.15, -0.1) is 0 Å². The van der Waals surface area contributed by atoms with Gasteiger partial charge in [0.25, 0.3) is 0 Å². The van der Waals surface area contributed by atoms with Gasteiger partial charge in [0.05, 0.1) is 16.9 Å². The summed E-state index contributed by atoms with van der Waals surface area (Å²) < 4.78 is 34.9. The number of rotatable bonds is 4. The lowest BCUT2D eigenvalue weighted by Gasteiger charge is -2.33. The summed E-state index contributed by atoms with van der Waals surface area (Å²) in [6.07, 6.45) is 1.80. The van der Waals surface area contributed by atoms with E-state index in [1.807, 2.05) is 24.0 Å². The Morgan fingerprint density at radius 1 is 1.19 bits per heavy atom. The van der Waals surface area contributed by atoms with Crippen LogP contribution in [0.1, 0.15) is 44.7 Å². The van der Waals surface area contributed by atoms with E-state index < -0.39 is 14.6 Å². The lowest BCUT2D eigenvalue weighted by atomic mass is 9.98. The van der Waals surface area contributed by atoms with E-state index in [0.29, 0.717) is 25.3 Å². The number of amides is 1. The van der Waals surface area contributed by atoms with Crippen LogP contribution in [0.3, 0.4) is 0 Å². The highest BCUT2D eigenvalue weighted by atomic mass is 32.2. The predicted molar refractivity (Wildman–Crippen MR) is 104 cm³/mol. The first-order chi connectivity index (χ1) is 12.6. The second kappa shape index (κ2) is 7.34. The zero-order valence-electron chi connectivity index (χ0n) is 16.6. The number of hydrogen-bond donors (Lipinski definition) is 0. The fourth-order valence-electron chi connectivity index (χ4n) is 3.56. The van der Waals surface area contributed by atoms with E-state index in [2.05, 4.69) is 0 Å². The van der Waals surface area contributed by atoms with Crippen molar-refractivity contribution >= 4 is 15.7 Å². The van der Waals surface area contributed by atoms with Crippen molar-refractivity contribution in [2.24, 2.45) is 5.92 Å². The zero-order valence-corrected chi connectivity index (χ0v) is 17.4. The molecule has 1 saturated heterocycles. The molecular weight excluding hydrogens is 366 g/mol. The molecule has 0 aromatic heterocycles. The summed E-state index contributed by atoms with van der Waals surface area (Å²) in [5.74, 6) is 1.87. The van der Waals surface area contributed by atoms with Crippen LogP contribution in [0.15, 0.2) is 12.1 Å². The van der Waals surface area contributed by atoms with Gasteiger partial charge in [0.2, 0.25) is 12.7 Å². The van der Waals surface area contributed by atoms with Crippen LogP contribution in [0, 0.1) is 12.8 Å². The van der Waals surface area contributed by atoms with Crippen LogP contribution in [-0.2, 0) is 21.1 Å². The minimum Gasteiger partial charge on any atom is -0.454 e. The highest BCUT2D eigenvalue weighted by Crippen LogP contribution is 2.36. The van der Waals surface area contributed by atoms with E-state index in [1.54, 1.807) is 20.8 Å². The number of aryl methyl sites for hydroxylation is 1. The molecule has 1 fully saturated rings. The first-order valence-electron chi connectivity index (χ1n) is 9.46. The Balaban J connectivity index is 1.56. The Hall–Kier alpha value is -1.76. The SMILES string of the molecule is Cc1cc(CC(=O)N2CCC(CS(=O)(=O)C(C)(C)C)CC2)cc2c1OCO2. The van der Waals surface area contributed by atoms with E-state index >= 15 is 0 Å². The van der Waals surface area contributed by atoms with Crippen LogP contribution < -0.4 is 9.47 Å². The predicted octanol–water partition coefficient (Wildman–Crippen LogP) is 2.72. The topological polar surface area (TPSA) is 72.9 Å². The molecule has 0 N–H and O–H groups in total. The molecule has 0 spiro atoms. The molecule has 150 valence electrons. The number of benzene rings is 1. The number of fused-ring (bicyclic) bond motifs is 1. The fourth-order valence-corrected chi connectivity index (χ4v) is 5.01. The maximum absolute atomic E-state index is 12.7. The quantitative estimate of drug-likeness (QED) is 0.784. The first kappa shape index (κ1) is 20.0. The monoisotopic (exact) mass is 395 g/mol. The molecule has 27 heavy (non-hydrogen) atoms. The molecule has 0 aliphatic carbocycles. The molecule has 3 rings (SSSR count). The van der Waals surface area contributed by atoms with Gasteiger partial charge in [0, 0.05) is 13.1 Å². The van der Waals surface area contributed by atoms with E-state index in [9.17, 15) is 13.2 Å². The summed E-state index contributed by atoms with van der Waals surface area (Å²) >= 11 is 0. The Morgan fingerprint density at radius 2 is 1.85 bits per heavy atom. The maximum Gasteiger partial charge on any atom is 0.231 e. The Bertz CT molecular complexity index is 818. The second-order valence-corrected chi connectivity index (χ2v) is 11.3. The summed E-state index contributed by atoms with van der Waals surface area (Å²) in [4.78, 5) is 14.5. The van der Waals surface area contributed by atoms with Crippen molar-refractivity contribution in [3.63, 3.8) is 0 Å². The molecule has 0 atom stereocenters. The highest BCUT2D eigenvalue weighted by Gasteiger charge is 2.33. The number of ether oxygens (including phenoxy) is 2. The largest absolute Gasteiger partial charge is 0.454 e. The first-order valence-corrected chi connectivity index (χ1v) is 11.1. The summed E-state index contributed by atoms with van der Waals surface area (Å²) in [6, 6.07) is 3.84.